The van der Waals surface area contributed by atoms with Crippen molar-refractivity contribution in [1.29, 1.82) is 0 Å². The normalized spacial score (nSPS) is 10.5. The molecule has 0 saturated carbocycles. The number of non-ortho nitro benzene ring substituents is 1. The van der Waals surface area contributed by atoms with Crippen LogP contribution in [-0.2, 0) is 6.54 Å². The lowest BCUT2D eigenvalue weighted by Gasteiger charge is -2.18. The Balaban J connectivity index is 1.81. The van der Waals surface area contributed by atoms with Crippen LogP contribution < -0.4 is 4.90 Å². The molecule has 0 aliphatic heterocycles. The van der Waals surface area contributed by atoms with Crippen LogP contribution >= 0.6 is 0 Å². The number of benzene rings is 1. The molecule has 0 N–H and O–H groups in total. The third-order valence-corrected chi connectivity index (χ3v) is 3.28. The maximum atomic E-state index is 10.8. The summed E-state index contributed by atoms with van der Waals surface area (Å²) in [5.41, 5.74) is 0.903. The molecular formula is C15H14N6O2. The van der Waals surface area contributed by atoms with Crippen molar-refractivity contribution in [2.75, 3.05) is 11.9 Å². The molecule has 0 spiro atoms. The van der Waals surface area contributed by atoms with Gasteiger partial charge in [0.05, 0.1) is 17.3 Å². The average Bonchev–Trinajstić information content (AvgIpc) is 3.10. The first-order valence-corrected chi connectivity index (χ1v) is 6.90. The van der Waals surface area contributed by atoms with Crippen molar-refractivity contribution in [1.82, 2.24) is 19.7 Å². The lowest BCUT2D eigenvalue weighted by atomic mass is 10.2. The van der Waals surface area contributed by atoms with Crippen LogP contribution in [0.2, 0.25) is 0 Å². The molecule has 2 aromatic heterocycles. The van der Waals surface area contributed by atoms with Crippen LogP contribution in [0.1, 0.15) is 5.56 Å². The fourth-order valence-electron chi connectivity index (χ4n) is 2.17. The Hall–Kier alpha value is -3.29. The minimum Gasteiger partial charge on any atom is -0.354 e. The maximum Gasteiger partial charge on any atom is 0.269 e. The van der Waals surface area contributed by atoms with Gasteiger partial charge in [-0.3, -0.25) is 15.1 Å². The summed E-state index contributed by atoms with van der Waals surface area (Å²) in [4.78, 5) is 21.0. The first-order valence-electron chi connectivity index (χ1n) is 6.90. The Bertz CT molecular complexity index is 818. The Morgan fingerprint density at radius 3 is 2.91 bits per heavy atom. The summed E-state index contributed by atoms with van der Waals surface area (Å²) in [6, 6.07) is 8.35. The molecule has 0 aliphatic rings. The maximum absolute atomic E-state index is 10.8. The van der Waals surface area contributed by atoms with Crippen LogP contribution in [0.5, 0.6) is 0 Å². The van der Waals surface area contributed by atoms with Crippen molar-refractivity contribution in [3.05, 3.63) is 70.8 Å². The van der Waals surface area contributed by atoms with E-state index in [1.54, 1.807) is 47.7 Å². The van der Waals surface area contributed by atoms with Gasteiger partial charge in [0.1, 0.15) is 5.82 Å². The number of aromatic nitrogens is 4. The van der Waals surface area contributed by atoms with E-state index in [9.17, 15) is 10.1 Å². The van der Waals surface area contributed by atoms with Gasteiger partial charge in [-0.15, -0.1) is 0 Å². The van der Waals surface area contributed by atoms with E-state index in [2.05, 4.69) is 15.1 Å². The highest BCUT2D eigenvalue weighted by Gasteiger charge is 2.10. The van der Waals surface area contributed by atoms with Crippen LogP contribution in [0.25, 0.3) is 5.82 Å². The number of hydrogen-bond acceptors (Lipinski definition) is 6. The summed E-state index contributed by atoms with van der Waals surface area (Å²) in [5, 5.41) is 15.0. The molecule has 0 fully saturated rings. The molecule has 0 saturated heterocycles. The second kappa shape index (κ2) is 6.22. The van der Waals surface area contributed by atoms with Gasteiger partial charge in [0.15, 0.2) is 5.82 Å². The third kappa shape index (κ3) is 3.31. The predicted molar refractivity (Wildman–Crippen MR) is 84.4 cm³/mol. The summed E-state index contributed by atoms with van der Waals surface area (Å²) in [6.07, 6.45) is 6.72. The molecule has 8 heteroatoms. The standard InChI is InChI=1S/C15H14N6O2/c1-19(11-12-4-2-5-13(8-12)21(22)23)14-9-16-10-15(18-14)20-7-3-6-17-20/h2-10H,11H2,1H3. The zero-order valence-electron chi connectivity index (χ0n) is 12.4. The summed E-state index contributed by atoms with van der Waals surface area (Å²) in [6.45, 7) is 0.485. The number of rotatable bonds is 5. The van der Waals surface area contributed by atoms with E-state index >= 15 is 0 Å². The van der Waals surface area contributed by atoms with Gasteiger partial charge >= 0.3 is 0 Å². The minimum atomic E-state index is -0.401. The highest BCUT2D eigenvalue weighted by Crippen LogP contribution is 2.17. The van der Waals surface area contributed by atoms with E-state index < -0.39 is 4.92 Å². The summed E-state index contributed by atoms with van der Waals surface area (Å²) < 4.78 is 1.62. The first kappa shape index (κ1) is 14.6. The average molecular weight is 310 g/mol. The highest BCUT2D eigenvalue weighted by molar-refractivity contribution is 5.41. The zero-order valence-corrected chi connectivity index (χ0v) is 12.4. The zero-order chi connectivity index (χ0) is 16.2. The van der Waals surface area contributed by atoms with Crippen LogP contribution in [0.4, 0.5) is 11.5 Å². The minimum absolute atomic E-state index is 0.0762. The smallest absolute Gasteiger partial charge is 0.269 e. The molecule has 0 amide bonds. The van der Waals surface area contributed by atoms with Crippen molar-refractivity contribution in [2.45, 2.75) is 6.54 Å². The van der Waals surface area contributed by atoms with Crippen LogP contribution in [-0.4, -0.2) is 31.7 Å². The molecular weight excluding hydrogens is 296 g/mol. The summed E-state index contributed by atoms with van der Waals surface area (Å²) >= 11 is 0. The SMILES string of the molecule is CN(Cc1cccc([N+](=O)[O-])c1)c1cncc(-n2cccn2)n1. The molecule has 0 radical (unpaired) electrons. The van der Waals surface area contributed by atoms with E-state index in [1.807, 2.05) is 18.0 Å². The van der Waals surface area contributed by atoms with Gasteiger partial charge in [0.25, 0.3) is 5.69 Å². The molecule has 3 rings (SSSR count). The monoisotopic (exact) mass is 310 g/mol. The summed E-state index contributed by atoms with van der Waals surface area (Å²) in [5.74, 6) is 1.27. The van der Waals surface area contributed by atoms with Gasteiger partial charge in [-0.2, -0.15) is 5.10 Å². The van der Waals surface area contributed by atoms with E-state index in [0.29, 0.717) is 18.2 Å². The Morgan fingerprint density at radius 1 is 1.30 bits per heavy atom. The van der Waals surface area contributed by atoms with Gasteiger partial charge in [-0.1, -0.05) is 12.1 Å². The van der Waals surface area contributed by atoms with E-state index in [1.165, 1.54) is 6.07 Å². The van der Waals surface area contributed by atoms with E-state index in [-0.39, 0.29) is 5.69 Å². The highest BCUT2D eigenvalue weighted by atomic mass is 16.6. The molecule has 2 heterocycles. The molecule has 0 atom stereocenters. The molecule has 23 heavy (non-hydrogen) atoms. The van der Waals surface area contributed by atoms with Crippen molar-refractivity contribution >= 4 is 11.5 Å². The Morgan fingerprint density at radius 2 is 2.17 bits per heavy atom. The topological polar surface area (TPSA) is 90.0 Å². The number of anilines is 1. The van der Waals surface area contributed by atoms with Crippen LogP contribution in [0.15, 0.2) is 55.1 Å². The first-order chi connectivity index (χ1) is 11.1. The number of nitro groups is 1. The molecule has 116 valence electrons. The van der Waals surface area contributed by atoms with Gasteiger partial charge < -0.3 is 4.90 Å². The second-order valence-corrected chi connectivity index (χ2v) is 4.97. The van der Waals surface area contributed by atoms with E-state index in [4.69, 9.17) is 0 Å². The molecule has 8 nitrogen and oxygen atoms in total. The Labute approximate surface area is 132 Å². The fourth-order valence-corrected chi connectivity index (χ4v) is 2.17. The molecule has 0 aliphatic carbocycles. The third-order valence-electron chi connectivity index (χ3n) is 3.28. The molecule has 0 bridgehead atoms. The lowest BCUT2D eigenvalue weighted by Crippen LogP contribution is -2.18. The largest absolute Gasteiger partial charge is 0.354 e. The van der Waals surface area contributed by atoms with Crippen molar-refractivity contribution in [2.24, 2.45) is 0 Å². The van der Waals surface area contributed by atoms with Gasteiger partial charge in [-0.25, -0.2) is 9.67 Å². The number of nitrogens with zero attached hydrogens (tertiary/aromatic N) is 6. The molecule has 0 unspecified atom stereocenters. The van der Waals surface area contributed by atoms with Crippen molar-refractivity contribution < 1.29 is 4.92 Å². The fraction of sp³-hybridized carbons (Fsp3) is 0.133. The molecule has 1 aromatic carbocycles. The van der Waals surface area contributed by atoms with Gasteiger partial charge in [-0.05, 0) is 11.6 Å². The van der Waals surface area contributed by atoms with E-state index in [0.717, 1.165) is 5.56 Å². The van der Waals surface area contributed by atoms with Crippen molar-refractivity contribution in [3.63, 3.8) is 0 Å². The predicted octanol–water partition coefficient (Wildman–Crippen LogP) is 2.21. The quantitative estimate of drug-likeness (QED) is 0.530. The van der Waals surface area contributed by atoms with Crippen LogP contribution in [0.3, 0.4) is 0 Å². The second-order valence-electron chi connectivity index (χ2n) is 4.97. The lowest BCUT2D eigenvalue weighted by molar-refractivity contribution is -0.384. The number of hydrogen-bond donors (Lipinski definition) is 0. The van der Waals surface area contributed by atoms with Gasteiger partial charge in [0, 0.05) is 38.1 Å². The van der Waals surface area contributed by atoms with Crippen molar-refractivity contribution in [3.8, 4) is 5.82 Å². The number of nitro benzene ring substituents is 1. The Kier molecular flexibility index (Phi) is 3.96. The molecule has 3 aromatic rings. The summed E-state index contributed by atoms with van der Waals surface area (Å²) in [7, 11) is 1.86. The van der Waals surface area contributed by atoms with Gasteiger partial charge in [0.2, 0.25) is 0 Å². The van der Waals surface area contributed by atoms with Crippen LogP contribution in [0, 0.1) is 10.1 Å².